The van der Waals surface area contributed by atoms with Gasteiger partial charge in [0.05, 0.1) is 36.8 Å². The third kappa shape index (κ3) is 5.30. The summed E-state index contributed by atoms with van der Waals surface area (Å²) in [5.74, 6) is 0.135. The quantitative estimate of drug-likeness (QED) is 0.686. The zero-order valence-corrected chi connectivity index (χ0v) is 17.2. The molecule has 30 heavy (non-hydrogen) atoms. The number of halogens is 2. The van der Waals surface area contributed by atoms with Crippen LogP contribution in [0.5, 0.6) is 11.5 Å². The summed E-state index contributed by atoms with van der Waals surface area (Å²) < 4.78 is 25.4. The standard InChI is InChI=1S/C21H22ClFN4O3/c1-2-16(26-20-15(23)11-14(22)12-25-20)21(28)27-17(6-7-24)13-4-5-18-19(10-13)30-9-3-8-29-18/h4-5,10-12,16-17H,2-3,6,8-9H2,1H3,(H,25,26)(H,27,28). The lowest BCUT2D eigenvalue weighted by Crippen LogP contribution is -2.41. The third-order valence-electron chi connectivity index (χ3n) is 4.63. The predicted octanol–water partition coefficient (Wildman–Crippen LogP) is 4.00. The van der Waals surface area contributed by atoms with Crippen molar-refractivity contribution in [2.45, 2.75) is 38.3 Å². The lowest BCUT2D eigenvalue weighted by molar-refractivity contribution is -0.122. The summed E-state index contributed by atoms with van der Waals surface area (Å²) in [5, 5.41) is 15.1. The van der Waals surface area contributed by atoms with Crippen LogP contribution >= 0.6 is 11.6 Å². The molecule has 1 aliphatic rings. The maximum Gasteiger partial charge on any atom is 0.243 e. The second kappa shape index (κ2) is 10.1. The van der Waals surface area contributed by atoms with Crippen molar-refractivity contribution in [2.75, 3.05) is 18.5 Å². The van der Waals surface area contributed by atoms with Gasteiger partial charge in [0.25, 0.3) is 0 Å². The predicted molar refractivity (Wildman–Crippen MR) is 110 cm³/mol. The lowest BCUT2D eigenvalue weighted by atomic mass is 10.0. The van der Waals surface area contributed by atoms with Crippen molar-refractivity contribution in [1.82, 2.24) is 10.3 Å². The summed E-state index contributed by atoms with van der Waals surface area (Å²) in [4.78, 5) is 16.7. The Bertz CT molecular complexity index is 950. The second-order valence-corrected chi connectivity index (χ2v) is 7.21. The van der Waals surface area contributed by atoms with Gasteiger partial charge in [-0.3, -0.25) is 4.79 Å². The highest BCUT2D eigenvalue weighted by Gasteiger charge is 2.23. The molecule has 2 atom stereocenters. The van der Waals surface area contributed by atoms with Crippen LogP contribution in [0.25, 0.3) is 0 Å². The highest BCUT2D eigenvalue weighted by Crippen LogP contribution is 2.33. The number of nitrogens with one attached hydrogen (secondary N) is 2. The van der Waals surface area contributed by atoms with E-state index in [9.17, 15) is 14.4 Å². The molecule has 1 aromatic carbocycles. The van der Waals surface area contributed by atoms with Crippen molar-refractivity contribution >= 4 is 23.3 Å². The summed E-state index contributed by atoms with van der Waals surface area (Å²) in [7, 11) is 0. The number of nitrogens with zero attached hydrogens (tertiary/aromatic N) is 2. The maximum atomic E-state index is 14.0. The van der Waals surface area contributed by atoms with Gasteiger partial charge in [-0.1, -0.05) is 24.6 Å². The minimum absolute atomic E-state index is 0.0613. The highest BCUT2D eigenvalue weighted by molar-refractivity contribution is 6.30. The van der Waals surface area contributed by atoms with Crippen molar-refractivity contribution in [3.63, 3.8) is 0 Å². The topological polar surface area (TPSA) is 96.3 Å². The molecule has 1 aliphatic heterocycles. The molecular formula is C21H22ClFN4O3. The number of rotatable bonds is 7. The lowest BCUT2D eigenvalue weighted by Gasteiger charge is -2.23. The monoisotopic (exact) mass is 432 g/mol. The molecule has 0 saturated carbocycles. The van der Waals surface area contributed by atoms with E-state index in [-0.39, 0.29) is 23.2 Å². The Morgan fingerprint density at radius 3 is 2.80 bits per heavy atom. The van der Waals surface area contributed by atoms with Crippen LogP contribution in [0.1, 0.15) is 37.8 Å². The van der Waals surface area contributed by atoms with E-state index in [1.54, 1.807) is 25.1 Å². The zero-order valence-electron chi connectivity index (χ0n) is 16.5. The van der Waals surface area contributed by atoms with Crippen molar-refractivity contribution in [1.29, 1.82) is 5.26 Å². The molecule has 2 unspecified atom stereocenters. The first-order chi connectivity index (χ1) is 14.5. The normalized spacial score (nSPS) is 14.7. The van der Waals surface area contributed by atoms with E-state index in [2.05, 4.69) is 21.7 Å². The Labute approximate surface area is 179 Å². The Balaban J connectivity index is 1.75. The molecule has 0 radical (unpaired) electrons. The molecule has 3 rings (SSSR count). The van der Waals surface area contributed by atoms with Crippen LogP contribution in [0.4, 0.5) is 10.2 Å². The van der Waals surface area contributed by atoms with Crippen molar-refractivity contribution in [3.05, 3.63) is 46.9 Å². The van der Waals surface area contributed by atoms with Crippen molar-refractivity contribution < 1.29 is 18.7 Å². The molecule has 0 saturated heterocycles. The summed E-state index contributed by atoms with van der Waals surface area (Å²) in [5.41, 5.74) is 0.722. The molecule has 2 N–H and O–H groups in total. The number of carbonyl (C=O) groups excluding carboxylic acids is 1. The molecule has 1 aromatic heterocycles. The van der Waals surface area contributed by atoms with Gasteiger partial charge < -0.3 is 20.1 Å². The van der Waals surface area contributed by atoms with E-state index in [0.29, 0.717) is 31.1 Å². The van der Waals surface area contributed by atoms with Gasteiger partial charge in [0, 0.05) is 12.6 Å². The van der Waals surface area contributed by atoms with Gasteiger partial charge in [0.2, 0.25) is 5.91 Å². The number of ether oxygens (including phenoxy) is 2. The minimum Gasteiger partial charge on any atom is -0.490 e. The number of aromatic nitrogens is 1. The van der Waals surface area contributed by atoms with E-state index in [1.807, 2.05) is 0 Å². The fraction of sp³-hybridized carbons (Fsp3) is 0.381. The van der Waals surface area contributed by atoms with Crippen LogP contribution in [0, 0.1) is 17.1 Å². The van der Waals surface area contributed by atoms with Crippen LogP contribution in [0.2, 0.25) is 5.02 Å². The first kappa shape index (κ1) is 21.7. The largest absolute Gasteiger partial charge is 0.490 e. The third-order valence-corrected chi connectivity index (χ3v) is 4.84. The molecule has 1 amide bonds. The van der Waals surface area contributed by atoms with Gasteiger partial charge in [0.15, 0.2) is 23.1 Å². The van der Waals surface area contributed by atoms with Crippen LogP contribution in [-0.4, -0.2) is 30.1 Å². The molecule has 7 nitrogen and oxygen atoms in total. The molecule has 0 bridgehead atoms. The van der Waals surface area contributed by atoms with Crippen LogP contribution in [-0.2, 0) is 4.79 Å². The van der Waals surface area contributed by atoms with E-state index >= 15 is 0 Å². The Morgan fingerprint density at radius 2 is 2.10 bits per heavy atom. The number of pyridine rings is 1. The summed E-state index contributed by atoms with van der Waals surface area (Å²) in [6.07, 6.45) is 2.53. The molecule has 0 spiro atoms. The van der Waals surface area contributed by atoms with Gasteiger partial charge in [-0.25, -0.2) is 9.37 Å². The summed E-state index contributed by atoms with van der Waals surface area (Å²) in [6.45, 7) is 2.90. The van der Waals surface area contributed by atoms with E-state index in [0.717, 1.165) is 18.1 Å². The number of carbonyl (C=O) groups is 1. The number of amides is 1. The Morgan fingerprint density at radius 1 is 1.33 bits per heavy atom. The minimum atomic E-state index is -0.741. The number of fused-ring (bicyclic) bond motifs is 1. The average Bonchev–Trinajstić information content (AvgIpc) is 2.97. The number of benzene rings is 1. The highest BCUT2D eigenvalue weighted by atomic mass is 35.5. The van der Waals surface area contributed by atoms with Gasteiger partial charge >= 0.3 is 0 Å². The van der Waals surface area contributed by atoms with E-state index < -0.39 is 17.9 Å². The van der Waals surface area contributed by atoms with Crippen molar-refractivity contribution in [3.8, 4) is 17.6 Å². The fourth-order valence-corrected chi connectivity index (χ4v) is 3.20. The van der Waals surface area contributed by atoms with Crippen molar-refractivity contribution in [2.24, 2.45) is 0 Å². The molecule has 158 valence electrons. The smallest absolute Gasteiger partial charge is 0.243 e. The molecule has 0 aliphatic carbocycles. The van der Waals surface area contributed by atoms with E-state index in [4.69, 9.17) is 21.1 Å². The maximum absolute atomic E-state index is 14.0. The zero-order chi connectivity index (χ0) is 21.5. The second-order valence-electron chi connectivity index (χ2n) is 6.77. The first-order valence-electron chi connectivity index (χ1n) is 9.66. The van der Waals surface area contributed by atoms with Gasteiger partial charge in [-0.05, 0) is 30.2 Å². The first-order valence-corrected chi connectivity index (χ1v) is 10.0. The Hall–Kier alpha value is -3.05. The number of nitriles is 1. The molecule has 0 fully saturated rings. The number of hydrogen-bond donors (Lipinski definition) is 2. The van der Waals surface area contributed by atoms with Crippen LogP contribution < -0.4 is 20.1 Å². The summed E-state index contributed by atoms with van der Waals surface area (Å²) >= 11 is 5.72. The number of hydrogen-bond acceptors (Lipinski definition) is 6. The molecule has 2 heterocycles. The fourth-order valence-electron chi connectivity index (χ4n) is 3.05. The van der Waals surface area contributed by atoms with Gasteiger partial charge in [-0.2, -0.15) is 5.26 Å². The summed E-state index contributed by atoms with van der Waals surface area (Å²) in [6, 6.07) is 7.26. The average molecular weight is 433 g/mol. The molecule has 2 aromatic rings. The van der Waals surface area contributed by atoms with E-state index in [1.165, 1.54) is 6.20 Å². The molecular weight excluding hydrogens is 411 g/mol. The van der Waals surface area contributed by atoms with Gasteiger partial charge in [0.1, 0.15) is 6.04 Å². The molecule has 9 heteroatoms. The van der Waals surface area contributed by atoms with Crippen LogP contribution in [0.15, 0.2) is 30.5 Å². The van der Waals surface area contributed by atoms with Gasteiger partial charge in [-0.15, -0.1) is 0 Å². The SMILES string of the molecule is CCC(Nc1ncc(Cl)cc1F)C(=O)NC(CC#N)c1ccc2c(c1)OCCCO2. The number of anilines is 1. The van der Waals surface area contributed by atoms with Crippen LogP contribution in [0.3, 0.4) is 0 Å². The Kier molecular flexibility index (Phi) is 7.31.